The van der Waals surface area contributed by atoms with E-state index in [9.17, 15) is 4.79 Å². The van der Waals surface area contributed by atoms with Crippen LogP contribution in [0.3, 0.4) is 0 Å². The van der Waals surface area contributed by atoms with Gasteiger partial charge in [0.05, 0.1) is 0 Å². The lowest BCUT2D eigenvalue weighted by atomic mass is 10.0. The second-order valence-electron chi connectivity index (χ2n) is 3.27. The van der Waals surface area contributed by atoms with Gasteiger partial charge in [0.15, 0.2) is 0 Å². The molecule has 0 aromatic heterocycles. The van der Waals surface area contributed by atoms with Crippen LogP contribution in [0.2, 0.25) is 0 Å². The van der Waals surface area contributed by atoms with Crippen LogP contribution in [-0.4, -0.2) is 6.29 Å². The molecule has 0 aliphatic heterocycles. The lowest BCUT2D eigenvalue weighted by Gasteiger charge is -2.03. The van der Waals surface area contributed by atoms with E-state index >= 15 is 0 Å². The first-order chi connectivity index (χ1) is 6.24. The van der Waals surface area contributed by atoms with Crippen molar-refractivity contribution >= 4 is 6.29 Å². The summed E-state index contributed by atoms with van der Waals surface area (Å²) in [5.74, 6) is 0. The second kappa shape index (κ2) is 4.61. The molecule has 0 fully saturated rings. The number of allylic oxidation sites excluding steroid dienone is 1. The molecular formula is C12H14O. The number of aryl methyl sites for hydroxylation is 1. The normalized spacial score (nSPS) is 9.62. The number of aldehydes is 1. The van der Waals surface area contributed by atoms with Crippen LogP contribution < -0.4 is 0 Å². The van der Waals surface area contributed by atoms with Crippen LogP contribution in [0.5, 0.6) is 0 Å². The van der Waals surface area contributed by atoms with Gasteiger partial charge in [-0.25, -0.2) is 0 Å². The predicted molar refractivity (Wildman–Crippen MR) is 55.0 cm³/mol. The topological polar surface area (TPSA) is 17.1 Å². The van der Waals surface area contributed by atoms with Crippen molar-refractivity contribution in [3.8, 4) is 0 Å². The minimum atomic E-state index is 0.795. The Labute approximate surface area is 79.1 Å². The van der Waals surface area contributed by atoms with Gasteiger partial charge < -0.3 is 0 Å². The fourth-order valence-corrected chi connectivity index (χ4v) is 1.22. The molecular weight excluding hydrogens is 160 g/mol. The number of benzene rings is 1. The quantitative estimate of drug-likeness (QED) is 0.506. The Morgan fingerprint density at radius 1 is 1.46 bits per heavy atom. The van der Waals surface area contributed by atoms with E-state index in [0.717, 1.165) is 35.8 Å². The highest BCUT2D eigenvalue weighted by atomic mass is 16.1. The highest BCUT2D eigenvalue weighted by Gasteiger charge is 1.99. The second-order valence-corrected chi connectivity index (χ2v) is 3.27. The van der Waals surface area contributed by atoms with E-state index in [1.165, 1.54) is 0 Å². The summed E-state index contributed by atoms with van der Waals surface area (Å²) in [7, 11) is 0. The van der Waals surface area contributed by atoms with Gasteiger partial charge >= 0.3 is 0 Å². The number of rotatable bonds is 4. The maximum absolute atomic E-state index is 10.6. The van der Waals surface area contributed by atoms with Crippen molar-refractivity contribution < 1.29 is 4.79 Å². The summed E-state index contributed by atoms with van der Waals surface area (Å²) in [6.45, 7) is 5.84. The SMILES string of the molecule is C=C(C)CCc1ccccc1C=O. The van der Waals surface area contributed by atoms with Crippen molar-refractivity contribution in [2.24, 2.45) is 0 Å². The molecule has 0 radical (unpaired) electrons. The Kier molecular flexibility index (Phi) is 3.44. The number of hydrogen-bond acceptors (Lipinski definition) is 1. The largest absolute Gasteiger partial charge is 0.298 e. The molecule has 1 aromatic carbocycles. The molecule has 0 saturated heterocycles. The van der Waals surface area contributed by atoms with Gasteiger partial charge in [0.1, 0.15) is 6.29 Å². The average Bonchev–Trinajstić information content (AvgIpc) is 2.15. The summed E-state index contributed by atoms with van der Waals surface area (Å²) < 4.78 is 0. The van der Waals surface area contributed by atoms with E-state index in [2.05, 4.69) is 6.58 Å². The highest BCUT2D eigenvalue weighted by molar-refractivity contribution is 5.77. The summed E-state index contributed by atoms with van der Waals surface area (Å²) in [6.07, 6.45) is 2.77. The summed E-state index contributed by atoms with van der Waals surface area (Å²) in [4.78, 5) is 10.6. The third kappa shape index (κ3) is 2.86. The molecule has 1 heteroatoms. The molecule has 0 aliphatic carbocycles. The molecule has 1 rings (SSSR count). The minimum absolute atomic E-state index is 0.795. The fraction of sp³-hybridized carbons (Fsp3) is 0.250. The van der Waals surface area contributed by atoms with E-state index < -0.39 is 0 Å². The lowest BCUT2D eigenvalue weighted by Crippen LogP contribution is -1.92. The number of hydrogen-bond donors (Lipinski definition) is 0. The average molecular weight is 174 g/mol. The van der Waals surface area contributed by atoms with E-state index in [4.69, 9.17) is 0 Å². The molecule has 0 unspecified atom stereocenters. The predicted octanol–water partition coefficient (Wildman–Crippen LogP) is 3.01. The van der Waals surface area contributed by atoms with Crippen LogP contribution in [0.15, 0.2) is 36.4 Å². The third-order valence-electron chi connectivity index (χ3n) is 2.00. The molecule has 0 N–H and O–H groups in total. The van der Waals surface area contributed by atoms with Gasteiger partial charge in [-0.1, -0.05) is 29.8 Å². The molecule has 68 valence electrons. The monoisotopic (exact) mass is 174 g/mol. The lowest BCUT2D eigenvalue weighted by molar-refractivity contribution is 0.112. The van der Waals surface area contributed by atoms with Crippen LogP contribution >= 0.6 is 0 Å². The van der Waals surface area contributed by atoms with E-state index in [1.807, 2.05) is 31.2 Å². The zero-order valence-corrected chi connectivity index (χ0v) is 7.92. The van der Waals surface area contributed by atoms with Gasteiger partial charge in [-0.05, 0) is 25.3 Å². The van der Waals surface area contributed by atoms with Gasteiger partial charge in [0, 0.05) is 5.56 Å². The molecule has 1 aromatic rings. The van der Waals surface area contributed by atoms with Crippen LogP contribution in [0, 0.1) is 0 Å². The van der Waals surface area contributed by atoms with Gasteiger partial charge in [0.25, 0.3) is 0 Å². The summed E-state index contributed by atoms with van der Waals surface area (Å²) in [6, 6.07) is 7.68. The molecule has 0 aliphatic rings. The van der Waals surface area contributed by atoms with Crippen molar-refractivity contribution in [2.45, 2.75) is 19.8 Å². The fourth-order valence-electron chi connectivity index (χ4n) is 1.22. The molecule has 0 heterocycles. The molecule has 0 spiro atoms. The first-order valence-corrected chi connectivity index (χ1v) is 4.41. The van der Waals surface area contributed by atoms with E-state index in [0.29, 0.717) is 0 Å². The standard InChI is InChI=1S/C12H14O/c1-10(2)7-8-11-5-3-4-6-12(11)9-13/h3-6,9H,1,7-8H2,2H3. The van der Waals surface area contributed by atoms with Gasteiger partial charge in [0.2, 0.25) is 0 Å². The van der Waals surface area contributed by atoms with Crippen LogP contribution in [0.1, 0.15) is 29.3 Å². The number of carbonyl (C=O) groups excluding carboxylic acids is 1. The Bertz CT molecular complexity index is 313. The summed E-state index contributed by atoms with van der Waals surface area (Å²) >= 11 is 0. The van der Waals surface area contributed by atoms with Gasteiger partial charge in [-0.15, -0.1) is 6.58 Å². The smallest absolute Gasteiger partial charge is 0.150 e. The Balaban J connectivity index is 2.75. The van der Waals surface area contributed by atoms with Crippen molar-refractivity contribution in [3.05, 3.63) is 47.5 Å². The Morgan fingerprint density at radius 3 is 2.77 bits per heavy atom. The highest BCUT2D eigenvalue weighted by Crippen LogP contribution is 2.11. The van der Waals surface area contributed by atoms with Crippen molar-refractivity contribution in [2.75, 3.05) is 0 Å². The minimum Gasteiger partial charge on any atom is -0.298 e. The molecule has 1 nitrogen and oxygen atoms in total. The molecule has 0 amide bonds. The van der Waals surface area contributed by atoms with Crippen LogP contribution in [-0.2, 0) is 6.42 Å². The van der Waals surface area contributed by atoms with E-state index in [1.54, 1.807) is 0 Å². The van der Waals surface area contributed by atoms with Crippen molar-refractivity contribution in [1.82, 2.24) is 0 Å². The maximum Gasteiger partial charge on any atom is 0.150 e. The molecule has 0 atom stereocenters. The molecule has 0 bridgehead atoms. The first kappa shape index (κ1) is 9.72. The zero-order chi connectivity index (χ0) is 9.68. The Hall–Kier alpha value is -1.37. The molecule has 13 heavy (non-hydrogen) atoms. The van der Waals surface area contributed by atoms with Gasteiger partial charge in [-0.3, -0.25) is 4.79 Å². The number of carbonyl (C=O) groups is 1. The van der Waals surface area contributed by atoms with Crippen LogP contribution in [0.25, 0.3) is 0 Å². The maximum atomic E-state index is 10.6. The van der Waals surface area contributed by atoms with Crippen LogP contribution in [0.4, 0.5) is 0 Å². The van der Waals surface area contributed by atoms with Crippen molar-refractivity contribution in [3.63, 3.8) is 0 Å². The Morgan fingerprint density at radius 2 is 2.15 bits per heavy atom. The summed E-state index contributed by atoms with van der Waals surface area (Å²) in [5.41, 5.74) is 3.06. The van der Waals surface area contributed by atoms with Gasteiger partial charge in [-0.2, -0.15) is 0 Å². The molecule has 0 saturated carbocycles. The summed E-state index contributed by atoms with van der Waals surface area (Å²) in [5, 5.41) is 0. The van der Waals surface area contributed by atoms with E-state index in [-0.39, 0.29) is 0 Å². The first-order valence-electron chi connectivity index (χ1n) is 4.41. The third-order valence-corrected chi connectivity index (χ3v) is 2.00. The zero-order valence-electron chi connectivity index (χ0n) is 7.92. The van der Waals surface area contributed by atoms with Crippen molar-refractivity contribution in [1.29, 1.82) is 0 Å².